The third-order valence-electron chi connectivity index (χ3n) is 5.72. The van der Waals surface area contributed by atoms with Gasteiger partial charge in [-0.25, -0.2) is 0 Å². The second-order valence-electron chi connectivity index (χ2n) is 8.20. The lowest BCUT2D eigenvalue weighted by atomic mass is 9.95. The molecule has 2 aromatic carbocycles. The van der Waals surface area contributed by atoms with Crippen LogP contribution in [-0.2, 0) is 4.79 Å². The van der Waals surface area contributed by atoms with E-state index in [1.807, 2.05) is 6.07 Å². The highest BCUT2D eigenvalue weighted by Crippen LogP contribution is 2.26. The Morgan fingerprint density at radius 2 is 1.74 bits per heavy atom. The predicted molar refractivity (Wildman–Crippen MR) is 128 cm³/mol. The summed E-state index contributed by atoms with van der Waals surface area (Å²) < 4.78 is 5.83. The van der Waals surface area contributed by atoms with Crippen LogP contribution in [0.2, 0.25) is 0 Å². The number of nitrogens with zero attached hydrogens (tertiary/aromatic N) is 1. The van der Waals surface area contributed by atoms with Crippen LogP contribution in [0.1, 0.15) is 48.2 Å². The summed E-state index contributed by atoms with van der Waals surface area (Å²) in [5.41, 5.74) is 0.985. The van der Waals surface area contributed by atoms with Crippen molar-refractivity contribution in [2.24, 2.45) is 0 Å². The number of furan rings is 1. The van der Waals surface area contributed by atoms with E-state index in [-0.39, 0.29) is 23.3 Å². The predicted octanol–water partition coefficient (Wildman–Crippen LogP) is 5.07. The minimum atomic E-state index is -0.472. The van der Waals surface area contributed by atoms with Crippen molar-refractivity contribution in [3.63, 3.8) is 0 Å². The maximum atomic E-state index is 13.1. The Kier molecular flexibility index (Phi) is 7.17. The van der Waals surface area contributed by atoms with Crippen molar-refractivity contribution in [1.29, 1.82) is 0 Å². The highest BCUT2D eigenvalue weighted by atomic mass is 16.6. The molecular formula is C26H25N3O5. The molecule has 0 saturated heterocycles. The van der Waals surface area contributed by atoms with Gasteiger partial charge in [0.2, 0.25) is 0 Å². The number of nitro groups is 1. The van der Waals surface area contributed by atoms with Crippen LogP contribution in [0.4, 0.5) is 5.69 Å². The lowest BCUT2D eigenvalue weighted by molar-refractivity contribution is -0.384. The third-order valence-corrected chi connectivity index (χ3v) is 5.72. The average molecular weight is 460 g/mol. The SMILES string of the molecule is O=C(NC1CCCCC1)C(=Cc1ccc(-c2cccc([N+](=O)[O-])c2)o1)NC(=O)c1ccccc1. The summed E-state index contributed by atoms with van der Waals surface area (Å²) in [6.07, 6.45) is 6.56. The normalized spacial score (nSPS) is 14.4. The maximum absolute atomic E-state index is 13.1. The van der Waals surface area contributed by atoms with Crippen LogP contribution in [-0.4, -0.2) is 22.8 Å². The number of amides is 2. The minimum Gasteiger partial charge on any atom is -0.457 e. The number of non-ortho nitro benzene ring substituents is 1. The zero-order valence-electron chi connectivity index (χ0n) is 18.5. The van der Waals surface area contributed by atoms with Gasteiger partial charge in [-0.3, -0.25) is 19.7 Å². The third kappa shape index (κ3) is 5.78. The summed E-state index contributed by atoms with van der Waals surface area (Å²) in [4.78, 5) is 36.4. The van der Waals surface area contributed by atoms with Crippen molar-refractivity contribution in [2.45, 2.75) is 38.1 Å². The van der Waals surface area contributed by atoms with E-state index in [1.54, 1.807) is 48.5 Å². The first kappa shape index (κ1) is 23.0. The molecule has 1 saturated carbocycles. The first-order valence-electron chi connectivity index (χ1n) is 11.2. The van der Waals surface area contributed by atoms with E-state index >= 15 is 0 Å². The summed E-state index contributed by atoms with van der Waals surface area (Å²) >= 11 is 0. The molecule has 1 aliphatic carbocycles. The second kappa shape index (κ2) is 10.6. The summed E-state index contributed by atoms with van der Waals surface area (Å²) in [7, 11) is 0. The van der Waals surface area contributed by atoms with Gasteiger partial charge in [-0.05, 0) is 37.1 Å². The number of rotatable bonds is 7. The Balaban J connectivity index is 1.59. The highest BCUT2D eigenvalue weighted by molar-refractivity contribution is 6.05. The van der Waals surface area contributed by atoms with Crippen LogP contribution in [0.3, 0.4) is 0 Å². The first-order chi connectivity index (χ1) is 16.5. The van der Waals surface area contributed by atoms with Gasteiger partial charge in [-0.1, -0.05) is 49.6 Å². The molecular weight excluding hydrogens is 434 g/mol. The Hall–Kier alpha value is -4.20. The molecule has 0 bridgehead atoms. The van der Waals surface area contributed by atoms with Crippen molar-refractivity contribution >= 4 is 23.6 Å². The van der Waals surface area contributed by atoms with Crippen LogP contribution < -0.4 is 10.6 Å². The molecule has 0 radical (unpaired) electrons. The molecule has 2 N–H and O–H groups in total. The Morgan fingerprint density at radius 1 is 0.971 bits per heavy atom. The molecule has 4 rings (SSSR count). The van der Waals surface area contributed by atoms with Gasteiger partial charge in [0.15, 0.2) is 0 Å². The molecule has 8 nitrogen and oxygen atoms in total. The van der Waals surface area contributed by atoms with Crippen LogP contribution in [0, 0.1) is 10.1 Å². The zero-order chi connectivity index (χ0) is 23.9. The molecule has 1 heterocycles. The monoisotopic (exact) mass is 459 g/mol. The van der Waals surface area contributed by atoms with E-state index in [2.05, 4.69) is 10.6 Å². The number of hydrogen-bond acceptors (Lipinski definition) is 5. The largest absolute Gasteiger partial charge is 0.457 e. The quantitative estimate of drug-likeness (QED) is 0.291. The zero-order valence-corrected chi connectivity index (χ0v) is 18.5. The summed E-state index contributed by atoms with van der Waals surface area (Å²) in [6.45, 7) is 0. The molecule has 0 spiro atoms. The molecule has 0 atom stereocenters. The molecule has 174 valence electrons. The highest BCUT2D eigenvalue weighted by Gasteiger charge is 2.21. The van der Waals surface area contributed by atoms with E-state index < -0.39 is 10.8 Å². The minimum absolute atomic E-state index is 0.0475. The summed E-state index contributed by atoms with van der Waals surface area (Å²) in [6, 6.07) is 18.1. The van der Waals surface area contributed by atoms with E-state index in [9.17, 15) is 19.7 Å². The van der Waals surface area contributed by atoms with Crippen LogP contribution in [0.25, 0.3) is 17.4 Å². The maximum Gasteiger partial charge on any atom is 0.270 e. The fraction of sp³-hybridized carbons (Fsp3) is 0.231. The van der Waals surface area contributed by atoms with Gasteiger partial charge in [0.1, 0.15) is 17.2 Å². The molecule has 1 aliphatic rings. The van der Waals surface area contributed by atoms with Gasteiger partial charge in [-0.2, -0.15) is 0 Å². The summed E-state index contributed by atoms with van der Waals surface area (Å²) in [5, 5.41) is 16.8. The van der Waals surface area contributed by atoms with Gasteiger partial charge < -0.3 is 15.1 Å². The fourth-order valence-corrected chi connectivity index (χ4v) is 3.95. The number of carbonyl (C=O) groups excluding carboxylic acids is 2. The number of nitrogens with one attached hydrogen (secondary N) is 2. The lowest BCUT2D eigenvalue weighted by Crippen LogP contribution is -2.41. The average Bonchev–Trinajstić information content (AvgIpc) is 3.33. The van der Waals surface area contributed by atoms with Crippen LogP contribution in [0.15, 0.2) is 76.8 Å². The second-order valence-corrected chi connectivity index (χ2v) is 8.20. The van der Waals surface area contributed by atoms with Crippen molar-refractivity contribution in [1.82, 2.24) is 10.6 Å². The first-order valence-corrected chi connectivity index (χ1v) is 11.2. The molecule has 1 aromatic heterocycles. The molecule has 3 aromatic rings. The Labute approximate surface area is 196 Å². The van der Waals surface area contributed by atoms with E-state index in [0.717, 1.165) is 32.1 Å². The molecule has 34 heavy (non-hydrogen) atoms. The van der Waals surface area contributed by atoms with Gasteiger partial charge in [0, 0.05) is 35.4 Å². The van der Waals surface area contributed by atoms with Crippen molar-refractivity contribution in [3.05, 3.63) is 93.9 Å². The van der Waals surface area contributed by atoms with E-state index in [1.165, 1.54) is 18.2 Å². The molecule has 0 aliphatic heterocycles. The van der Waals surface area contributed by atoms with Gasteiger partial charge in [0.05, 0.1) is 4.92 Å². The van der Waals surface area contributed by atoms with Crippen molar-refractivity contribution in [3.8, 4) is 11.3 Å². The summed E-state index contributed by atoms with van der Waals surface area (Å²) in [5.74, 6) is -0.0411. The molecule has 0 unspecified atom stereocenters. The smallest absolute Gasteiger partial charge is 0.270 e. The van der Waals surface area contributed by atoms with Gasteiger partial charge >= 0.3 is 0 Å². The lowest BCUT2D eigenvalue weighted by Gasteiger charge is -2.23. The van der Waals surface area contributed by atoms with Gasteiger partial charge in [0.25, 0.3) is 17.5 Å². The van der Waals surface area contributed by atoms with Crippen LogP contribution >= 0.6 is 0 Å². The number of nitro benzene ring substituents is 1. The van der Waals surface area contributed by atoms with Crippen LogP contribution in [0.5, 0.6) is 0 Å². The standard InChI is InChI=1S/C26H25N3O5/c30-25(18-8-3-1-4-9-18)28-23(26(31)27-20-11-5-2-6-12-20)17-22-14-15-24(34-22)19-10-7-13-21(16-19)29(32)33/h1,3-4,7-10,13-17,20H,2,5-6,11-12H2,(H,27,31)(H,28,30). The number of carbonyl (C=O) groups is 2. The topological polar surface area (TPSA) is 114 Å². The van der Waals surface area contributed by atoms with Crippen molar-refractivity contribution in [2.75, 3.05) is 0 Å². The number of benzene rings is 2. The van der Waals surface area contributed by atoms with E-state index in [4.69, 9.17) is 4.42 Å². The Morgan fingerprint density at radius 3 is 2.47 bits per heavy atom. The van der Waals surface area contributed by atoms with Gasteiger partial charge in [-0.15, -0.1) is 0 Å². The van der Waals surface area contributed by atoms with E-state index in [0.29, 0.717) is 22.6 Å². The molecule has 8 heteroatoms. The number of hydrogen-bond donors (Lipinski definition) is 2. The fourth-order valence-electron chi connectivity index (χ4n) is 3.95. The molecule has 2 amide bonds. The Bertz CT molecular complexity index is 1210. The molecule has 1 fully saturated rings. The van der Waals surface area contributed by atoms with Crippen molar-refractivity contribution < 1.29 is 18.9 Å².